The number of fused-ring (bicyclic) bond motifs is 2. The van der Waals surface area contributed by atoms with Gasteiger partial charge < -0.3 is 4.90 Å². The predicted molar refractivity (Wildman–Crippen MR) is 89.7 cm³/mol. The van der Waals surface area contributed by atoms with E-state index in [9.17, 15) is 4.79 Å². The minimum absolute atomic E-state index is 0.109. The number of aromatic nitrogens is 4. The maximum Gasteiger partial charge on any atom is 0.254 e. The number of nitrogens with zero attached hydrogens (tertiary/aromatic N) is 5. The summed E-state index contributed by atoms with van der Waals surface area (Å²) in [6.07, 6.45) is 8.23. The van der Waals surface area contributed by atoms with Gasteiger partial charge in [-0.25, -0.2) is 4.98 Å². The van der Waals surface area contributed by atoms with Crippen LogP contribution in [-0.4, -0.2) is 43.1 Å². The number of hydrogen-bond acceptors (Lipinski definition) is 4. The van der Waals surface area contributed by atoms with Crippen molar-refractivity contribution in [2.45, 2.75) is 46.1 Å². The Morgan fingerprint density at radius 1 is 1.21 bits per heavy atom. The van der Waals surface area contributed by atoms with Crippen molar-refractivity contribution in [1.29, 1.82) is 0 Å². The van der Waals surface area contributed by atoms with E-state index in [4.69, 9.17) is 0 Å². The van der Waals surface area contributed by atoms with Gasteiger partial charge in [0.15, 0.2) is 0 Å². The first-order valence-corrected chi connectivity index (χ1v) is 8.47. The Labute approximate surface area is 141 Å². The first-order valence-electron chi connectivity index (χ1n) is 8.47. The molecule has 1 saturated heterocycles. The Bertz CT molecular complexity index is 769. The first kappa shape index (κ1) is 15.3. The Balaban J connectivity index is 1.62. The number of likely N-dealkylation sites (tertiary alicyclic amines) is 1. The molecule has 24 heavy (non-hydrogen) atoms. The molecule has 0 aromatic carbocycles. The molecule has 1 aliphatic heterocycles. The summed E-state index contributed by atoms with van der Waals surface area (Å²) in [6, 6.07) is 3.96. The highest BCUT2D eigenvalue weighted by Crippen LogP contribution is 2.52. The van der Waals surface area contributed by atoms with Crippen LogP contribution in [0.4, 0.5) is 0 Å². The monoisotopic (exact) mass is 325 g/mol. The standard InChI is InChI=1S/C18H23N5O/c1-17(2)7-14-8-18(3,9-17)10-23(14)16(24)13-4-5-19-15(6-13)22-11-20-21-12-22/h4-6,11-12,14H,7-10H2,1-3H3/t14-,18-/m1/s1. The molecule has 126 valence electrons. The lowest BCUT2D eigenvalue weighted by Crippen LogP contribution is -2.37. The number of rotatable bonds is 2. The third-order valence-corrected chi connectivity index (χ3v) is 5.35. The molecule has 2 aromatic rings. The molecule has 2 aromatic heterocycles. The fraction of sp³-hybridized carbons (Fsp3) is 0.556. The van der Waals surface area contributed by atoms with Crippen LogP contribution in [0, 0.1) is 10.8 Å². The molecule has 6 heteroatoms. The second-order valence-electron chi connectivity index (χ2n) is 8.42. The smallest absolute Gasteiger partial charge is 0.254 e. The lowest BCUT2D eigenvalue weighted by Gasteiger charge is -2.39. The Morgan fingerprint density at radius 3 is 2.71 bits per heavy atom. The summed E-state index contributed by atoms with van der Waals surface area (Å²) in [7, 11) is 0. The highest BCUT2D eigenvalue weighted by atomic mass is 16.2. The van der Waals surface area contributed by atoms with Gasteiger partial charge in [-0.1, -0.05) is 20.8 Å². The molecular formula is C18H23N5O. The van der Waals surface area contributed by atoms with Crippen LogP contribution in [0.15, 0.2) is 31.0 Å². The Hall–Kier alpha value is -2.24. The Morgan fingerprint density at radius 2 is 1.96 bits per heavy atom. The van der Waals surface area contributed by atoms with Gasteiger partial charge in [0.1, 0.15) is 18.5 Å². The van der Waals surface area contributed by atoms with Crippen molar-refractivity contribution >= 4 is 5.91 Å². The zero-order valence-corrected chi connectivity index (χ0v) is 14.4. The van der Waals surface area contributed by atoms with E-state index in [1.807, 2.05) is 6.07 Å². The largest absolute Gasteiger partial charge is 0.335 e. The lowest BCUT2D eigenvalue weighted by atomic mass is 9.65. The Kier molecular flexibility index (Phi) is 3.27. The lowest BCUT2D eigenvalue weighted by molar-refractivity contribution is 0.0708. The van der Waals surface area contributed by atoms with Gasteiger partial charge in [-0.15, -0.1) is 10.2 Å². The average Bonchev–Trinajstić information content (AvgIpc) is 3.12. The summed E-state index contributed by atoms with van der Waals surface area (Å²) in [6.45, 7) is 7.82. The van der Waals surface area contributed by atoms with Crippen molar-refractivity contribution in [3.8, 4) is 5.82 Å². The first-order chi connectivity index (χ1) is 11.4. The molecule has 1 amide bonds. The fourth-order valence-electron chi connectivity index (χ4n) is 4.87. The summed E-state index contributed by atoms with van der Waals surface area (Å²) in [5.41, 5.74) is 1.23. The van der Waals surface area contributed by atoms with Crippen molar-refractivity contribution < 1.29 is 4.79 Å². The maximum absolute atomic E-state index is 13.1. The molecule has 2 fully saturated rings. The van der Waals surface area contributed by atoms with Crippen molar-refractivity contribution in [2.75, 3.05) is 6.54 Å². The normalized spacial score (nSPS) is 28.1. The van der Waals surface area contributed by atoms with Gasteiger partial charge in [-0.05, 0) is 42.2 Å². The molecule has 4 rings (SSSR count). The van der Waals surface area contributed by atoms with Crippen LogP contribution >= 0.6 is 0 Å². The van der Waals surface area contributed by atoms with Crippen molar-refractivity contribution in [3.05, 3.63) is 36.5 Å². The summed E-state index contributed by atoms with van der Waals surface area (Å²) in [5, 5.41) is 7.59. The molecule has 2 atom stereocenters. The second-order valence-corrected chi connectivity index (χ2v) is 8.42. The minimum Gasteiger partial charge on any atom is -0.335 e. The number of hydrogen-bond donors (Lipinski definition) is 0. The van der Waals surface area contributed by atoms with Crippen molar-refractivity contribution in [1.82, 2.24) is 24.6 Å². The van der Waals surface area contributed by atoms with E-state index in [0.717, 1.165) is 19.4 Å². The molecule has 0 spiro atoms. The van der Waals surface area contributed by atoms with Crippen LogP contribution < -0.4 is 0 Å². The van der Waals surface area contributed by atoms with Crippen LogP contribution in [0.5, 0.6) is 0 Å². The summed E-state index contributed by atoms with van der Waals surface area (Å²) in [5.74, 6) is 0.776. The maximum atomic E-state index is 13.1. The van der Waals surface area contributed by atoms with Gasteiger partial charge >= 0.3 is 0 Å². The summed E-state index contributed by atoms with van der Waals surface area (Å²) >= 11 is 0. The van der Waals surface area contributed by atoms with Crippen molar-refractivity contribution in [3.63, 3.8) is 0 Å². The van der Waals surface area contributed by atoms with Crippen LogP contribution in [0.1, 0.15) is 50.4 Å². The molecule has 6 nitrogen and oxygen atoms in total. The second kappa shape index (κ2) is 5.13. The molecule has 0 N–H and O–H groups in total. The quantitative estimate of drug-likeness (QED) is 0.851. The number of pyridine rings is 1. The van der Waals surface area contributed by atoms with E-state index < -0.39 is 0 Å². The number of carbonyl (C=O) groups excluding carboxylic acids is 1. The highest BCUT2D eigenvalue weighted by Gasteiger charge is 2.51. The van der Waals surface area contributed by atoms with Crippen LogP contribution in [0.3, 0.4) is 0 Å². The van der Waals surface area contributed by atoms with Gasteiger partial charge in [0.05, 0.1) is 0 Å². The molecule has 1 saturated carbocycles. The molecule has 2 bridgehead atoms. The average molecular weight is 325 g/mol. The molecule has 0 radical (unpaired) electrons. The van der Waals surface area contributed by atoms with Gasteiger partial charge in [0, 0.05) is 24.3 Å². The third kappa shape index (κ3) is 2.60. The van der Waals surface area contributed by atoms with Gasteiger partial charge in [0.2, 0.25) is 0 Å². The third-order valence-electron chi connectivity index (χ3n) is 5.35. The molecule has 1 aliphatic carbocycles. The fourth-order valence-corrected chi connectivity index (χ4v) is 4.87. The number of amides is 1. The van der Waals surface area contributed by atoms with Gasteiger partial charge in [-0.2, -0.15) is 0 Å². The van der Waals surface area contributed by atoms with E-state index in [1.54, 1.807) is 29.5 Å². The van der Waals surface area contributed by atoms with Crippen LogP contribution in [-0.2, 0) is 0 Å². The van der Waals surface area contributed by atoms with E-state index >= 15 is 0 Å². The van der Waals surface area contributed by atoms with Gasteiger partial charge in [-0.3, -0.25) is 9.36 Å². The summed E-state index contributed by atoms with van der Waals surface area (Å²) < 4.78 is 1.71. The zero-order valence-electron chi connectivity index (χ0n) is 14.4. The van der Waals surface area contributed by atoms with Crippen LogP contribution in [0.25, 0.3) is 5.82 Å². The minimum atomic E-state index is 0.109. The van der Waals surface area contributed by atoms with E-state index in [0.29, 0.717) is 22.8 Å². The predicted octanol–water partition coefficient (Wildman–Crippen LogP) is 2.70. The SMILES string of the molecule is CC1(C)C[C@@H]2C[C@@](C)(CN2C(=O)c2ccnc(-n3cnnc3)c2)C1. The summed E-state index contributed by atoms with van der Waals surface area (Å²) in [4.78, 5) is 19.5. The molecule has 2 aliphatic rings. The molecular weight excluding hydrogens is 302 g/mol. The zero-order chi connectivity index (χ0) is 16.9. The van der Waals surface area contributed by atoms with E-state index in [2.05, 4.69) is 40.9 Å². The topological polar surface area (TPSA) is 63.9 Å². The van der Waals surface area contributed by atoms with E-state index in [1.165, 1.54) is 6.42 Å². The van der Waals surface area contributed by atoms with Gasteiger partial charge in [0.25, 0.3) is 5.91 Å². The molecule has 0 unspecified atom stereocenters. The number of carbonyl (C=O) groups is 1. The molecule has 3 heterocycles. The van der Waals surface area contributed by atoms with E-state index in [-0.39, 0.29) is 11.3 Å². The van der Waals surface area contributed by atoms with Crippen LogP contribution in [0.2, 0.25) is 0 Å². The highest BCUT2D eigenvalue weighted by molar-refractivity contribution is 5.95. The van der Waals surface area contributed by atoms with Crippen molar-refractivity contribution in [2.24, 2.45) is 10.8 Å².